The number of nitrogens with zero attached hydrogens (tertiary/aromatic N) is 1. The molecule has 0 aromatic heterocycles. The third-order valence-corrected chi connectivity index (χ3v) is 4.41. The van der Waals surface area contributed by atoms with Gasteiger partial charge >= 0.3 is 0 Å². The number of hydrazine groups is 1. The van der Waals surface area contributed by atoms with Crippen molar-refractivity contribution in [1.29, 1.82) is 0 Å². The maximum absolute atomic E-state index is 12.5. The lowest BCUT2D eigenvalue weighted by Crippen LogP contribution is -2.55. The standard InChI is InChI=1S/C19H16N2O2/c22-18-12-16-15-9-5-4-6-13(15)10-11-17(16)20-21(18)19(23)14-7-2-1-3-8-14/h1-9,12,17,20H,10-11H2. The Hall–Kier alpha value is -2.72. The lowest BCUT2D eigenvalue weighted by atomic mass is 9.83. The molecule has 1 unspecified atom stereocenters. The fourth-order valence-corrected chi connectivity index (χ4v) is 3.26. The quantitative estimate of drug-likeness (QED) is 0.824. The van der Waals surface area contributed by atoms with E-state index in [1.807, 2.05) is 24.3 Å². The van der Waals surface area contributed by atoms with Gasteiger partial charge in [-0.15, -0.1) is 0 Å². The van der Waals surface area contributed by atoms with E-state index < -0.39 is 0 Å². The summed E-state index contributed by atoms with van der Waals surface area (Å²) in [6.07, 6.45) is 3.40. The number of fused-ring (bicyclic) bond motifs is 3. The number of hydrogen-bond acceptors (Lipinski definition) is 3. The molecule has 0 radical (unpaired) electrons. The summed E-state index contributed by atoms with van der Waals surface area (Å²) in [6, 6.07) is 17.0. The minimum atomic E-state index is -0.318. The summed E-state index contributed by atoms with van der Waals surface area (Å²) in [7, 11) is 0. The molecule has 1 heterocycles. The van der Waals surface area contributed by atoms with Gasteiger partial charge in [-0.2, -0.15) is 0 Å². The average Bonchev–Trinajstić information content (AvgIpc) is 2.61. The van der Waals surface area contributed by atoms with Crippen molar-refractivity contribution in [3.63, 3.8) is 0 Å². The molecule has 1 atom stereocenters. The molecule has 1 aliphatic carbocycles. The third kappa shape index (κ3) is 2.37. The first-order valence-corrected chi connectivity index (χ1v) is 7.73. The number of imide groups is 1. The highest BCUT2D eigenvalue weighted by Gasteiger charge is 2.34. The third-order valence-electron chi connectivity index (χ3n) is 4.41. The van der Waals surface area contributed by atoms with Crippen LogP contribution in [0, 0.1) is 0 Å². The molecule has 23 heavy (non-hydrogen) atoms. The van der Waals surface area contributed by atoms with Crippen LogP contribution in [0.15, 0.2) is 60.7 Å². The van der Waals surface area contributed by atoms with Gasteiger partial charge in [0.2, 0.25) is 0 Å². The highest BCUT2D eigenvalue weighted by molar-refractivity contribution is 6.11. The Morgan fingerprint density at radius 2 is 1.78 bits per heavy atom. The van der Waals surface area contributed by atoms with Crippen molar-refractivity contribution < 1.29 is 9.59 Å². The van der Waals surface area contributed by atoms with E-state index in [0.29, 0.717) is 5.56 Å². The van der Waals surface area contributed by atoms with Gasteiger partial charge in [0.25, 0.3) is 11.8 Å². The Bertz CT molecular complexity index is 811. The van der Waals surface area contributed by atoms with Gasteiger partial charge in [0.05, 0.1) is 6.04 Å². The Kier molecular flexibility index (Phi) is 3.32. The van der Waals surface area contributed by atoms with Crippen LogP contribution in [0.25, 0.3) is 5.57 Å². The topological polar surface area (TPSA) is 49.4 Å². The molecule has 0 saturated carbocycles. The van der Waals surface area contributed by atoms with Crippen LogP contribution in [0.5, 0.6) is 0 Å². The number of hydrogen-bond donors (Lipinski definition) is 1. The van der Waals surface area contributed by atoms with Crippen LogP contribution in [-0.2, 0) is 11.2 Å². The second kappa shape index (κ2) is 5.48. The molecular weight excluding hydrogens is 288 g/mol. The van der Waals surface area contributed by atoms with Crippen LogP contribution in [0.4, 0.5) is 0 Å². The predicted molar refractivity (Wildman–Crippen MR) is 87.3 cm³/mol. The van der Waals surface area contributed by atoms with Gasteiger partial charge in [0.1, 0.15) is 0 Å². The summed E-state index contributed by atoms with van der Waals surface area (Å²) in [6.45, 7) is 0. The molecular formula is C19H16N2O2. The van der Waals surface area contributed by atoms with Gasteiger partial charge in [-0.25, -0.2) is 10.4 Å². The number of benzene rings is 2. The number of rotatable bonds is 1. The lowest BCUT2D eigenvalue weighted by molar-refractivity contribution is -0.127. The minimum absolute atomic E-state index is 0.00439. The second-order valence-electron chi connectivity index (χ2n) is 5.82. The fraction of sp³-hybridized carbons (Fsp3) is 0.158. The summed E-state index contributed by atoms with van der Waals surface area (Å²) in [5.41, 5.74) is 6.96. The predicted octanol–water partition coefficient (Wildman–Crippen LogP) is 2.57. The number of carbonyl (C=O) groups is 2. The van der Waals surface area contributed by atoms with E-state index in [1.54, 1.807) is 30.3 Å². The molecule has 0 spiro atoms. The first kappa shape index (κ1) is 13.9. The molecule has 0 bridgehead atoms. The summed E-state index contributed by atoms with van der Waals surface area (Å²) in [5, 5.41) is 1.14. The zero-order valence-electron chi connectivity index (χ0n) is 12.5. The molecule has 2 aromatic rings. The number of aryl methyl sites for hydroxylation is 1. The zero-order chi connectivity index (χ0) is 15.8. The normalized spacial score (nSPS) is 19.7. The Morgan fingerprint density at radius 1 is 1.04 bits per heavy atom. The molecule has 1 N–H and O–H groups in total. The van der Waals surface area contributed by atoms with Gasteiger partial charge < -0.3 is 0 Å². The van der Waals surface area contributed by atoms with Crippen molar-refractivity contribution in [1.82, 2.24) is 10.4 Å². The summed E-state index contributed by atoms with van der Waals surface area (Å²) in [4.78, 5) is 25.0. The van der Waals surface area contributed by atoms with Gasteiger partial charge in [0.15, 0.2) is 0 Å². The van der Waals surface area contributed by atoms with Crippen molar-refractivity contribution >= 4 is 17.4 Å². The molecule has 2 aromatic carbocycles. The van der Waals surface area contributed by atoms with Crippen LogP contribution < -0.4 is 5.43 Å². The van der Waals surface area contributed by atoms with E-state index in [2.05, 4.69) is 11.5 Å². The van der Waals surface area contributed by atoms with Crippen molar-refractivity contribution in [3.05, 3.63) is 77.4 Å². The zero-order valence-corrected chi connectivity index (χ0v) is 12.5. The van der Waals surface area contributed by atoms with Crippen molar-refractivity contribution in [2.75, 3.05) is 0 Å². The van der Waals surface area contributed by atoms with Gasteiger partial charge in [-0.3, -0.25) is 9.59 Å². The van der Waals surface area contributed by atoms with Crippen molar-refractivity contribution in [2.45, 2.75) is 18.9 Å². The number of amides is 2. The second-order valence-corrected chi connectivity index (χ2v) is 5.82. The van der Waals surface area contributed by atoms with Crippen LogP contribution in [0.1, 0.15) is 27.9 Å². The smallest absolute Gasteiger partial charge is 0.268 e. The maximum Gasteiger partial charge on any atom is 0.275 e. The van der Waals surface area contributed by atoms with E-state index in [-0.39, 0.29) is 17.9 Å². The summed E-state index contributed by atoms with van der Waals surface area (Å²) in [5.74, 6) is -0.633. The van der Waals surface area contributed by atoms with Gasteiger partial charge in [0, 0.05) is 11.6 Å². The largest absolute Gasteiger partial charge is 0.275 e. The molecule has 0 saturated heterocycles. The van der Waals surface area contributed by atoms with Crippen molar-refractivity contribution in [2.24, 2.45) is 0 Å². The Balaban J connectivity index is 1.68. The minimum Gasteiger partial charge on any atom is -0.268 e. The van der Waals surface area contributed by atoms with Crippen LogP contribution >= 0.6 is 0 Å². The SMILES string of the molecule is O=C1C=C2c3ccccc3CCC2NN1C(=O)c1ccccc1. The highest BCUT2D eigenvalue weighted by atomic mass is 16.2. The monoisotopic (exact) mass is 304 g/mol. The van der Waals surface area contributed by atoms with E-state index >= 15 is 0 Å². The first-order valence-electron chi connectivity index (χ1n) is 7.73. The van der Waals surface area contributed by atoms with E-state index in [9.17, 15) is 9.59 Å². The number of nitrogens with one attached hydrogen (secondary N) is 1. The van der Waals surface area contributed by atoms with Crippen LogP contribution in [0.3, 0.4) is 0 Å². The molecule has 2 aliphatic rings. The number of carbonyl (C=O) groups excluding carboxylic acids is 2. The first-order chi connectivity index (χ1) is 11.2. The average molecular weight is 304 g/mol. The molecule has 0 fully saturated rings. The molecule has 4 heteroatoms. The molecule has 4 nitrogen and oxygen atoms in total. The molecule has 4 rings (SSSR count). The van der Waals surface area contributed by atoms with E-state index in [0.717, 1.165) is 29.0 Å². The highest BCUT2D eigenvalue weighted by Crippen LogP contribution is 2.33. The maximum atomic E-state index is 12.5. The van der Waals surface area contributed by atoms with Crippen molar-refractivity contribution in [3.8, 4) is 0 Å². The van der Waals surface area contributed by atoms with Gasteiger partial charge in [-0.05, 0) is 41.7 Å². The Labute approximate surface area is 134 Å². The van der Waals surface area contributed by atoms with Gasteiger partial charge in [-0.1, -0.05) is 42.5 Å². The fourth-order valence-electron chi connectivity index (χ4n) is 3.26. The van der Waals surface area contributed by atoms with E-state index in [4.69, 9.17) is 0 Å². The summed E-state index contributed by atoms with van der Waals surface area (Å²) < 4.78 is 0. The molecule has 2 amide bonds. The Morgan fingerprint density at radius 3 is 2.61 bits per heavy atom. The lowest BCUT2D eigenvalue weighted by Gasteiger charge is -2.36. The molecule has 1 aliphatic heterocycles. The molecule has 114 valence electrons. The summed E-state index contributed by atoms with van der Waals surface area (Å²) >= 11 is 0. The van der Waals surface area contributed by atoms with Crippen LogP contribution in [0.2, 0.25) is 0 Å². The van der Waals surface area contributed by atoms with E-state index in [1.165, 1.54) is 5.56 Å². The van der Waals surface area contributed by atoms with Crippen LogP contribution in [-0.4, -0.2) is 22.9 Å².